The number of para-hydroxylation sites is 1. The molecule has 0 radical (unpaired) electrons. The fourth-order valence-corrected chi connectivity index (χ4v) is 2.55. The Bertz CT molecular complexity index is 746. The van der Waals surface area contributed by atoms with Gasteiger partial charge in [0.15, 0.2) is 0 Å². The van der Waals surface area contributed by atoms with E-state index in [4.69, 9.17) is 0 Å². The monoisotopic (exact) mass is 278 g/mol. The van der Waals surface area contributed by atoms with Crippen LogP contribution in [0.2, 0.25) is 0 Å². The zero-order valence-electron chi connectivity index (χ0n) is 12.0. The summed E-state index contributed by atoms with van der Waals surface area (Å²) in [5.41, 5.74) is 2.20. The molecule has 3 rings (SSSR count). The molecule has 3 nitrogen and oxygen atoms in total. The molecule has 0 bridgehead atoms. The predicted molar refractivity (Wildman–Crippen MR) is 84.9 cm³/mol. The normalized spacial score (nSPS) is 12.2. The largest absolute Gasteiger partial charge is 0.348 e. The highest BCUT2D eigenvalue weighted by Crippen LogP contribution is 2.15. The molecular formula is C18H18N2O. The third-order valence-electron chi connectivity index (χ3n) is 3.67. The van der Waals surface area contributed by atoms with Crippen LogP contribution in [0.5, 0.6) is 0 Å². The number of carbonyl (C=O) groups excluding carboxylic acids is 1. The number of hydrogen-bond acceptors (Lipinski definition) is 1. The van der Waals surface area contributed by atoms with Crippen LogP contribution in [-0.2, 0) is 11.3 Å². The summed E-state index contributed by atoms with van der Waals surface area (Å²) in [6, 6.07) is 20.1. The number of nitrogens with zero attached hydrogens (tertiary/aromatic N) is 1. The molecule has 0 aliphatic heterocycles. The van der Waals surface area contributed by atoms with E-state index in [-0.39, 0.29) is 11.9 Å². The Labute approximate surface area is 124 Å². The van der Waals surface area contributed by atoms with Gasteiger partial charge in [0, 0.05) is 11.7 Å². The fraction of sp³-hybridized carbons (Fsp3) is 0.167. The van der Waals surface area contributed by atoms with Crippen LogP contribution < -0.4 is 5.32 Å². The highest BCUT2D eigenvalue weighted by Gasteiger charge is 2.10. The van der Waals surface area contributed by atoms with Crippen LogP contribution in [0, 0.1) is 0 Å². The Hall–Kier alpha value is -2.55. The Morgan fingerprint density at radius 2 is 1.76 bits per heavy atom. The molecule has 1 atom stereocenters. The van der Waals surface area contributed by atoms with Gasteiger partial charge in [-0.25, -0.2) is 0 Å². The van der Waals surface area contributed by atoms with Crippen molar-refractivity contribution in [1.29, 1.82) is 0 Å². The van der Waals surface area contributed by atoms with Crippen LogP contribution in [0.3, 0.4) is 0 Å². The second-order valence-electron chi connectivity index (χ2n) is 5.20. The van der Waals surface area contributed by atoms with Crippen molar-refractivity contribution >= 4 is 16.8 Å². The maximum Gasteiger partial charge on any atom is 0.240 e. The van der Waals surface area contributed by atoms with Gasteiger partial charge in [0.05, 0.1) is 6.04 Å². The molecule has 0 saturated carbocycles. The number of rotatable bonds is 4. The number of benzene rings is 2. The fourth-order valence-electron chi connectivity index (χ4n) is 2.55. The summed E-state index contributed by atoms with van der Waals surface area (Å²) in [7, 11) is 0. The van der Waals surface area contributed by atoms with Crippen molar-refractivity contribution in [3.63, 3.8) is 0 Å². The predicted octanol–water partition coefficient (Wildman–Crippen LogP) is 3.52. The van der Waals surface area contributed by atoms with E-state index < -0.39 is 0 Å². The zero-order chi connectivity index (χ0) is 14.7. The Morgan fingerprint density at radius 3 is 2.57 bits per heavy atom. The third-order valence-corrected chi connectivity index (χ3v) is 3.67. The minimum atomic E-state index is 0.0144. The first-order valence-corrected chi connectivity index (χ1v) is 7.12. The number of amides is 1. The molecule has 21 heavy (non-hydrogen) atoms. The second-order valence-corrected chi connectivity index (χ2v) is 5.20. The van der Waals surface area contributed by atoms with E-state index in [1.54, 1.807) is 0 Å². The maximum absolute atomic E-state index is 12.2. The highest BCUT2D eigenvalue weighted by atomic mass is 16.2. The molecule has 3 heteroatoms. The summed E-state index contributed by atoms with van der Waals surface area (Å²) in [6.07, 6.45) is 1.96. The van der Waals surface area contributed by atoms with E-state index >= 15 is 0 Å². The summed E-state index contributed by atoms with van der Waals surface area (Å²) in [4.78, 5) is 12.2. The number of carbonyl (C=O) groups is 1. The molecule has 0 aliphatic carbocycles. The van der Waals surface area contributed by atoms with E-state index in [1.165, 1.54) is 0 Å². The molecule has 1 heterocycles. The molecule has 1 amide bonds. The first kappa shape index (κ1) is 13.4. The van der Waals surface area contributed by atoms with Crippen molar-refractivity contribution in [2.45, 2.75) is 19.5 Å². The highest BCUT2D eigenvalue weighted by molar-refractivity contribution is 5.83. The second kappa shape index (κ2) is 5.83. The van der Waals surface area contributed by atoms with Crippen LogP contribution in [-0.4, -0.2) is 10.5 Å². The first-order valence-electron chi connectivity index (χ1n) is 7.12. The summed E-state index contributed by atoms with van der Waals surface area (Å²) < 4.78 is 1.97. The van der Waals surface area contributed by atoms with Crippen molar-refractivity contribution in [3.8, 4) is 0 Å². The standard InChI is InChI=1S/C18H18N2O/c1-14(15-7-3-2-4-8-15)19-18(21)13-20-12-11-16-9-5-6-10-17(16)20/h2-12,14H,13H2,1H3,(H,19,21)/t14-/m0/s1. The molecule has 1 aromatic heterocycles. The SMILES string of the molecule is C[C@H](NC(=O)Cn1ccc2ccccc21)c1ccccc1. The first-order chi connectivity index (χ1) is 10.2. The minimum absolute atomic E-state index is 0.0144. The molecular weight excluding hydrogens is 260 g/mol. The van der Waals surface area contributed by atoms with Gasteiger partial charge in [0.2, 0.25) is 5.91 Å². The Kier molecular flexibility index (Phi) is 3.73. The van der Waals surface area contributed by atoms with E-state index in [2.05, 4.69) is 11.4 Å². The lowest BCUT2D eigenvalue weighted by atomic mass is 10.1. The third kappa shape index (κ3) is 2.97. The van der Waals surface area contributed by atoms with Gasteiger partial charge in [-0.1, -0.05) is 48.5 Å². The van der Waals surface area contributed by atoms with E-state index in [0.717, 1.165) is 16.5 Å². The number of nitrogens with one attached hydrogen (secondary N) is 1. The van der Waals surface area contributed by atoms with Crippen molar-refractivity contribution in [3.05, 3.63) is 72.4 Å². The Balaban J connectivity index is 1.69. The van der Waals surface area contributed by atoms with Crippen molar-refractivity contribution in [2.24, 2.45) is 0 Å². The summed E-state index contributed by atoms with van der Waals surface area (Å²) in [6.45, 7) is 2.34. The number of aromatic nitrogens is 1. The molecule has 0 aliphatic rings. The molecule has 0 saturated heterocycles. The van der Waals surface area contributed by atoms with Crippen molar-refractivity contribution in [1.82, 2.24) is 9.88 Å². The van der Waals surface area contributed by atoms with Gasteiger partial charge >= 0.3 is 0 Å². The van der Waals surface area contributed by atoms with Gasteiger partial charge in [0.1, 0.15) is 6.54 Å². The van der Waals surface area contributed by atoms with Crippen LogP contribution in [0.1, 0.15) is 18.5 Å². The van der Waals surface area contributed by atoms with Gasteiger partial charge in [0.25, 0.3) is 0 Å². The minimum Gasteiger partial charge on any atom is -0.348 e. The molecule has 0 unspecified atom stereocenters. The van der Waals surface area contributed by atoms with Gasteiger partial charge < -0.3 is 9.88 Å². The average molecular weight is 278 g/mol. The molecule has 0 fully saturated rings. The molecule has 106 valence electrons. The lowest BCUT2D eigenvalue weighted by Gasteiger charge is -2.15. The topological polar surface area (TPSA) is 34.0 Å². The van der Waals surface area contributed by atoms with Gasteiger partial charge in [-0.3, -0.25) is 4.79 Å². The molecule has 1 N–H and O–H groups in total. The van der Waals surface area contributed by atoms with Crippen LogP contribution in [0.15, 0.2) is 66.9 Å². The van der Waals surface area contributed by atoms with E-state index in [1.807, 2.05) is 72.3 Å². The zero-order valence-corrected chi connectivity index (χ0v) is 12.0. The Morgan fingerprint density at radius 1 is 1.05 bits per heavy atom. The van der Waals surface area contributed by atoms with E-state index in [9.17, 15) is 4.79 Å². The molecule has 2 aromatic carbocycles. The lowest BCUT2D eigenvalue weighted by Crippen LogP contribution is -2.29. The van der Waals surface area contributed by atoms with Crippen LogP contribution >= 0.6 is 0 Å². The van der Waals surface area contributed by atoms with Crippen molar-refractivity contribution < 1.29 is 4.79 Å². The number of hydrogen-bond donors (Lipinski definition) is 1. The van der Waals surface area contributed by atoms with Gasteiger partial charge in [-0.2, -0.15) is 0 Å². The lowest BCUT2D eigenvalue weighted by molar-refractivity contribution is -0.122. The quantitative estimate of drug-likeness (QED) is 0.778. The van der Waals surface area contributed by atoms with Gasteiger partial charge in [-0.15, -0.1) is 0 Å². The molecule has 0 spiro atoms. The maximum atomic E-state index is 12.2. The molecule has 3 aromatic rings. The van der Waals surface area contributed by atoms with E-state index in [0.29, 0.717) is 6.54 Å². The summed E-state index contributed by atoms with van der Waals surface area (Å²) in [5.74, 6) is 0.0210. The van der Waals surface area contributed by atoms with Crippen molar-refractivity contribution in [2.75, 3.05) is 0 Å². The summed E-state index contributed by atoms with van der Waals surface area (Å²) in [5, 5.41) is 4.19. The van der Waals surface area contributed by atoms with Crippen LogP contribution in [0.4, 0.5) is 0 Å². The number of fused-ring (bicyclic) bond motifs is 1. The van der Waals surface area contributed by atoms with Gasteiger partial charge in [-0.05, 0) is 30.0 Å². The average Bonchev–Trinajstić information content (AvgIpc) is 2.91. The smallest absolute Gasteiger partial charge is 0.240 e. The summed E-state index contributed by atoms with van der Waals surface area (Å²) >= 11 is 0. The van der Waals surface area contributed by atoms with Crippen LogP contribution in [0.25, 0.3) is 10.9 Å².